The Morgan fingerprint density at radius 2 is 1.08 bits per heavy atom. The molecule has 0 radical (unpaired) electrons. The van der Waals surface area contributed by atoms with E-state index in [0.29, 0.717) is 6.42 Å². The van der Waals surface area contributed by atoms with Crippen LogP contribution in [0.2, 0.25) is 0 Å². The quantitative estimate of drug-likeness (QED) is 0.133. The van der Waals surface area contributed by atoms with Crippen molar-refractivity contribution in [3.8, 4) is 0 Å². The van der Waals surface area contributed by atoms with Crippen LogP contribution >= 0.6 is 0 Å². The molecule has 0 saturated carbocycles. The average Bonchev–Trinajstić information content (AvgIpc) is 2.62. The maximum atomic E-state index is 11.6. The van der Waals surface area contributed by atoms with Gasteiger partial charge in [-0.25, -0.2) is 0 Å². The van der Waals surface area contributed by atoms with Crippen LogP contribution in [0.25, 0.3) is 0 Å². The van der Waals surface area contributed by atoms with E-state index in [0.717, 1.165) is 19.3 Å². The number of ether oxygens (including phenoxy) is 1. The lowest BCUT2D eigenvalue weighted by Crippen LogP contribution is -1.98. The second-order valence-corrected chi connectivity index (χ2v) is 7.35. The highest BCUT2D eigenvalue weighted by molar-refractivity contribution is 5.69. The van der Waals surface area contributed by atoms with Gasteiger partial charge in [-0.05, 0) is 25.3 Å². The highest BCUT2D eigenvalue weighted by Crippen LogP contribution is 2.12. The Morgan fingerprint density at radius 3 is 1.60 bits per heavy atom. The van der Waals surface area contributed by atoms with Crippen LogP contribution < -0.4 is 0 Å². The van der Waals surface area contributed by atoms with Gasteiger partial charge in [0, 0.05) is 6.42 Å². The monoisotopic (exact) mass is 352 g/mol. The first-order valence-electron chi connectivity index (χ1n) is 11.2. The van der Waals surface area contributed by atoms with Crippen LogP contribution in [0.3, 0.4) is 0 Å². The van der Waals surface area contributed by atoms with E-state index in [1.165, 1.54) is 89.9 Å². The Hall–Kier alpha value is -0.790. The van der Waals surface area contributed by atoms with E-state index in [1.807, 2.05) is 6.08 Å². The molecule has 0 unspecified atom stereocenters. The van der Waals surface area contributed by atoms with Crippen molar-refractivity contribution in [1.29, 1.82) is 0 Å². The molecule has 0 amide bonds. The maximum absolute atomic E-state index is 11.6. The number of rotatable bonds is 19. The predicted octanol–water partition coefficient (Wildman–Crippen LogP) is 8.10. The first-order valence-corrected chi connectivity index (χ1v) is 11.2. The molecule has 0 spiro atoms. The van der Waals surface area contributed by atoms with Gasteiger partial charge >= 0.3 is 5.97 Å². The fourth-order valence-corrected chi connectivity index (χ4v) is 3.05. The van der Waals surface area contributed by atoms with E-state index in [2.05, 4.69) is 13.8 Å². The first-order chi connectivity index (χ1) is 12.3. The number of carbonyl (C=O) groups excluding carboxylic acids is 1. The number of allylic oxidation sites excluding steroid dienone is 1. The van der Waals surface area contributed by atoms with Gasteiger partial charge in [-0.1, -0.05) is 104 Å². The van der Waals surface area contributed by atoms with Gasteiger partial charge in [0.15, 0.2) is 0 Å². The molecule has 0 aliphatic carbocycles. The minimum Gasteiger partial charge on any atom is -0.435 e. The number of unbranched alkanes of at least 4 members (excludes halogenated alkanes) is 15. The summed E-state index contributed by atoms with van der Waals surface area (Å²) in [7, 11) is 0. The van der Waals surface area contributed by atoms with Crippen molar-refractivity contribution in [2.75, 3.05) is 0 Å². The SMILES string of the molecule is CCCCCCC=COC(=O)CCCCCCCCCCCCCC. The zero-order valence-corrected chi connectivity index (χ0v) is 17.2. The topological polar surface area (TPSA) is 26.3 Å². The molecule has 0 aromatic rings. The van der Waals surface area contributed by atoms with Crippen LogP contribution in [0.1, 0.15) is 129 Å². The van der Waals surface area contributed by atoms with Crippen LogP contribution in [0.5, 0.6) is 0 Å². The fourth-order valence-electron chi connectivity index (χ4n) is 3.05. The van der Waals surface area contributed by atoms with E-state index >= 15 is 0 Å². The summed E-state index contributed by atoms with van der Waals surface area (Å²) in [4.78, 5) is 11.6. The van der Waals surface area contributed by atoms with Crippen molar-refractivity contribution < 1.29 is 9.53 Å². The molecule has 0 aliphatic heterocycles. The normalized spacial score (nSPS) is 11.3. The van der Waals surface area contributed by atoms with E-state index < -0.39 is 0 Å². The summed E-state index contributed by atoms with van der Waals surface area (Å²) < 4.78 is 5.13. The summed E-state index contributed by atoms with van der Waals surface area (Å²) in [6.45, 7) is 4.49. The molecule has 0 bridgehead atoms. The zero-order chi connectivity index (χ0) is 18.4. The molecule has 0 atom stereocenters. The van der Waals surface area contributed by atoms with Crippen LogP contribution in [0, 0.1) is 0 Å². The second kappa shape index (κ2) is 21.3. The molecule has 2 heteroatoms. The van der Waals surface area contributed by atoms with Gasteiger partial charge in [-0.2, -0.15) is 0 Å². The Morgan fingerprint density at radius 1 is 0.640 bits per heavy atom. The third-order valence-corrected chi connectivity index (χ3v) is 4.75. The van der Waals surface area contributed by atoms with Crippen LogP contribution in [-0.2, 0) is 9.53 Å². The van der Waals surface area contributed by atoms with Crippen molar-refractivity contribution in [1.82, 2.24) is 0 Å². The lowest BCUT2D eigenvalue weighted by atomic mass is 10.0. The Bertz CT molecular complexity index is 296. The highest BCUT2D eigenvalue weighted by atomic mass is 16.5. The van der Waals surface area contributed by atoms with E-state index in [1.54, 1.807) is 6.26 Å². The average molecular weight is 353 g/mol. The molecule has 0 aromatic heterocycles. The van der Waals surface area contributed by atoms with Gasteiger partial charge in [-0.15, -0.1) is 0 Å². The fraction of sp³-hybridized carbons (Fsp3) is 0.870. The molecular weight excluding hydrogens is 308 g/mol. The third-order valence-electron chi connectivity index (χ3n) is 4.75. The molecule has 0 aromatic carbocycles. The van der Waals surface area contributed by atoms with Gasteiger partial charge in [-0.3, -0.25) is 4.79 Å². The van der Waals surface area contributed by atoms with Crippen molar-refractivity contribution in [3.05, 3.63) is 12.3 Å². The first kappa shape index (κ1) is 24.2. The van der Waals surface area contributed by atoms with Gasteiger partial charge in [0.25, 0.3) is 0 Å². The van der Waals surface area contributed by atoms with Crippen molar-refractivity contribution >= 4 is 5.97 Å². The predicted molar refractivity (Wildman–Crippen MR) is 110 cm³/mol. The summed E-state index contributed by atoms with van der Waals surface area (Å²) in [5, 5.41) is 0. The van der Waals surface area contributed by atoms with Gasteiger partial charge in [0.1, 0.15) is 0 Å². The maximum Gasteiger partial charge on any atom is 0.310 e. The smallest absolute Gasteiger partial charge is 0.310 e. The minimum atomic E-state index is -0.0723. The molecule has 0 rings (SSSR count). The lowest BCUT2D eigenvalue weighted by Gasteiger charge is -2.03. The molecule has 0 fully saturated rings. The largest absolute Gasteiger partial charge is 0.435 e. The summed E-state index contributed by atoms with van der Waals surface area (Å²) >= 11 is 0. The Kier molecular flexibility index (Phi) is 20.6. The third kappa shape index (κ3) is 21.2. The van der Waals surface area contributed by atoms with Crippen molar-refractivity contribution in [2.24, 2.45) is 0 Å². The molecule has 0 saturated heterocycles. The standard InChI is InChI=1S/C23H44O2/c1-3-5-7-9-11-12-13-14-15-16-17-19-21-23(24)25-22-20-18-10-8-6-4-2/h20,22H,3-19,21H2,1-2H3. The summed E-state index contributed by atoms with van der Waals surface area (Å²) in [5.41, 5.74) is 0. The number of esters is 1. The Labute approximate surface area is 157 Å². The lowest BCUT2D eigenvalue weighted by molar-refractivity contribution is -0.138. The van der Waals surface area contributed by atoms with Crippen LogP contribution in [0.15, 0.2) is 12.3 Å². The number of hydrogen-bond acceptors (Lipinski definition) is 2. The van der Waals surface area contributed by atoms with Crippen molar-refractivity contribution in [2.45, 2.75) is 129 Å². The molecule has 25 heavy (non-hydrogen) atoms. The number of hydrogen-bond donors (Lipinski definition) is 0. The van der Waals surface area contributed by atoms with Gasteiger partial charge < -0.3 is 4.74 Å². The second-order valence-electron chi connectivity index (χ2n) is 7.35. The van der Waals surface area contributed by atoms with E-state index in [-0.39, 0.29) is 5.97 Å². The molecule has 0 N–H and O–H groups in total. The molecule has 0 aliphatic rings. The van der Waals surface area contributed by atoms with Crippen molar-refractivity contribution in [3.63, 3.8) is 0 Å². The summed E-state index contributed by atoms with van der Waals surface area (Å²) in [5.74, 6) is -0.0723. The van der Waals surface area contributed by atoms with Gasteiger partial charge in [0.2, 0.25) is 0 Å². The Balaban J connectivity index is 3.20. The van der Waals surface area contributed by atoms with E-state index in [9.17, 15) is 4.79 Å². The summed E-state index contributed by atoms with van der Waals surface area (Å²) in [6, 6.07) is 0. The van der Waals surface area contributed by atoms with Gasteiger partial charge in [0.05, 0.1) is 6.26 Å². The molecule has 0 heterocycles. The number of carbonyl (C=O) groups is 1. The molecular formula is C23H44O2. The van der Waals surface area contributed by atoms with E-state index in [4.69, 9.17) is 4.74 Å². The molecule has 148 valence electrons. The zero-order valence-electron chi connectivity index (χ0n) is 17.2. The minimum absolute atomic E-state index is 0.0723. The van der Waals surface area contributed by atoms with Crippen LogP contribution in [-0.4, -0.2) is 5.97 Å². The van der Waals surface area contributed by atoms with Crippen LogP contribution in [0.4, 0.5) is 0 Å². The molecule has 2 nitrogen and oxygen atoms in total. The highest BCUT2D eigenvalue weighted by Gasteiger charge is 2.00. The summed E-state index contributed by atoms with van der Waals surface area (Å²) in [6.07, 6.45) is 26.0.